The van der Waals surface area contributed by atoms with Crippen molar-refractivity contribution in [3.8, 4) is 0 Å². The van der Waals surface area contributed by atoms with Crippen molar-refractivity contribution >= 4 is 0 Å². The van der Waals surface area contributed by atoms with Crippen LogP contribution in [0.2, 0.25) is 0 Å². The molecule has 2 aromatic rings. The summed E-state index contributed by atoms with van der Waals surface area (Å²) in [6.45, 7) is 3.91. The highest BCUT2D eigenvalue weighted by Gasteiger charge is 2.04. The first-order valence-corrected chi connectivity index (χ1v) is 4.57. The number of hydrogen-bond donors (Lipinski definition) is 0. The van der Waals surface area contributed by atoms with Gasteiger partial charge >= 0.3 is 0 Å². The summed E-state index contributed by atoms with van der Waals surface area (Å²) in [6, 6.07) is 3.83. The van der Waals surface area contributed by atoms with E-state index in [1.807, 2.05) is 26.0 Å². The van der Waals surface area contributed by atoms with Crippen LogP contribution >= 0.6 is 0 Å². The third kappa shape index (κ3) is 1.82. The Balaban J connectivity index is 2.28. The molecule has 0 spiro atoms. The number of aryl methyl sites for hydroxylation is 2. The lowest BCUT2D eigenvalue weighted by Crippen LogP contribution is -1.99. The van der Waals surface area contributed by atoms with Crippen molar-refractivity contribution in [2.75, 3.05) is 0 Å². The van der Waals surface area contributed by atoms with E-state index in [4.69, 9.17) is 4.42 Å². The van der Waals surface area contributed by atoms with Gasteiger partial charge in [0, 0.05) is 12.6 Å². The highest BCUT2D eigenvalue weighted by molar-refractivity contribution is 5.17. The van der Waals surface area contributed by atoms with Crippen LogP contribution in [-0.2, 0) is 6.42 Å². The second-order valence-corrected chi connectivity index (χ2v) is 3.30. The van der Waals surface area contributed by atoms with Gasteiger partial charge < -0.3 is 4.42 Å². The van der Waals surface area contributed by atoms with Gasteiger partial charge in [0.2, 0.25) is 0 Å². The first-order valence-electron chi connectivity index (χ1n) is 4.57. The van der Waals surface area contributed by atoms with Gasteiger partial charge in [0.05, 0.1) is 23.3 Å². The van der Waals surface area contributed by atoms with Gasteiger partial charge in [-0.05, 0) is 26.0 Å². The van der Waals surface area contributed by atoms with Gasteiger partial charge in [0.25, 0.3) is 0 Å². The van der Waals surface area contributed by atoms with Gasteiger partial charge in [0.15, 0.2) is 0 Å². The Morgan fingerprint density at radius 3 is 2.93 bits per heavy atom. The molecular formula is C11H12N2O. The molecule has 0 radical (unpaired) electrons. The van der Waals surface area contributed by atoms with E-state index in [1.165, 1.54) is 0 Å². The molecule has 2 rings (SSSR count). The van der Waals surface area contributed by atoms with Crippen molar-refractivity contribution < 1.29 is 4.42 Å². The molecule has 0 saturated carbocycles. The summed E-state index contributed by atoms with van der Waals surface area (Å²) in [6.07, 6.45) is 4.17. The lowest BCUT2D eigenvalue weighted by molar-refractivity contribution is 0.518. The van der Waals surface area contributed by atoms with Crippen molar-refractivity contribution in [3.63, 3.8) is 0 Å². The molecule has 0 aliphatic rings. The zero-order valence-electron chi connectivity index (χ0n) is 8.32. The van der Waals surface area contributed by atoms with Gasteiger partial charge in [0.1, 0.15) is 5.76 Å². The van der Waals surface area contributed by atoms with Crippen molar-refractivity contribution in [1.82, 2.24) is 9.97 Å². The molecule has 0 N–H and O–H groups in total. The Bertz CT molecular complexity index is 421. The number of aromatic nitrogens is 2. The van der Waals surface area contributed by atoms with Crippen LogP contribution in [0.15, 0.2) is 29.0 Å². The average Bonchev–Trinajstić information content (AvgIpc) is 2.64. The predicted molar refractivity (Wildman–Crippen MR) is 53.0 cm³/mol. The average molecular weight is 188 g/mol. The molecule has 3 nitrogen and oxygen atoms in total. The Labute approximate surface area is 82.8 Å². The molecule has 3 heteroatoms. The van der Waals surface area contributed by atoms with Gasteiger partial charge in [-0.15, -0.1) is 0 Å². The van der Waals surface area contributed by atoms with Gasteiger partial charge in [-0.2, -0.15) is 0 Å². The minimum Gasteiger partial charge on any atom is -0.469 e. The lowest BCUT2D eigenvalue weighted by atomic mass is 10.2. The molecule has 0 unspecified atom stereocenters. The smallest absolute Gasteiger partial charge is 0.109 e. The van der Waals surface area contributed by atoms with Crippen LogP contribution in [0.4, 0.5) is 0 Å². The Morgan fingerprint density at radius 1 is 1.36 bits per heavy atom. The zero-order chi connectivity index (χ0) is 9.97. The first-order chi connectivity index (χ1) is 6.75. The molecular weight excluding hydrogens is 176 g/mol. The van der Waals surface area contributed by atoms with Gasteiger partial charge in [-0.1, -0.05) is 0 Å². The molecule has 14 heavy (non-hydrogen) atoms. The molecule has 72 valence electrons. The Morgan fingerprint density at radius 2 is 2.21 bits per heavy atom. The maximum absolute atomic E-state index is 5.26. The molecule has 0 amide bonds. The zero-order valence-corrected chi connectivity index (χ0v) is 8.32. The van der Waals surface area contributed by atoms with Crippen LogP contribution in [0.1, 0.15) is 22.8 Å². The largest absolute Gasteiger partial charge is 0.469 e. The summed E-state index contributed by atoms with van der Waals surface area (Å²) >= 11 is 0. The van der Waals surface area contributed by atoms with E-state index in [-0.39, 0.29) is 0 Å². The molecule has 2 heterocycles. The molecule has 2 aromatic heterocycles. The lowest BCUT2D eigenvalue weighted by Gasteiger charge is -2.02. The van der Waals surface area contributed by atoms with Crippen molar-refractivity contribution in [2.45, 2.75) is 20.3 Å². The van der Waals surface area contributed by atoms with Crippen molar-refractivity contribution in [3.05, 3.63) is 47.4 Å². The second kappa shape index (κ2) is 3.62. The normalized spacial score (nSPS) is 10.4. The van der Waals surface area contributed by atoms with Crippen LogP contribution in [0, 0.1) is 13.8 Å². The summed E-state index contributed by atoms with van der Waals surface area (Å²) < 4.78 is 5.26. The molecule has 0 fully saturated rings. The number of hydrogen-bond acceptors (Lipinski definition) is 3. The van der Waals surface area contributed by atoms with Crippen LogP contribution in [0.3, 0.4) is 0 Å². The summed E-state index contributed by atoms with van der Waals surface area (Å²) in [5, 5.41) is 0. The van der Waals surface area contributed by atoms with Crippen LogP contribution in [-0.4, -0.2) is 9.97 Å². The SMILES string of the molecule is Cc1cnc(C)c(Cc2ccco2)n1. The minimum absolute atomic E-state index is 0.716. The van der Waals surface area contributed by atoms with Crippen molar-refractivity contribution in [1.29, 1.82) is 0 Å². The number of furan rings is 1. The maximum atomic E-state index is 5.26. The topological polar surface area (TPSA) is 38.9 Å². The monoisotopic (exact) mass is 188 g/mol. The second-order valence-electron chi connectivity index (χ2n) is 3.30. The fourth-order valence-corrected chi connectivity index (χ4v) is 1.33. The summed E-state index contributed by atoms with van der Waals surface area (Å²) in [4.78, 5) is 8.68. The van der Waals surface area contributed by atoms with E-state index < -0.39 is 0 Å². The summed E-state index contributed by atoms with van der Waals surface area (Å²) in [5.41, 5.74) is 2.89. The van der Waals surface area contributed by atoms with Gasteiger partial charge in [-0.3, -0.25) is 9.97 Å². The minimum atomic E-state index is 0.716. The third-order valence-corrected chi connectivity index (χ3v) is 2.10. The van der Waals surface area contributed by atoms with Crippen LogP contribution in [0.25, 0.3) is 0 Å². The molecule has 0 atom stereocenters. The maximum Gasteiger partial charge on any atom is 0.109 e. The van der Waals surface area contributed by atoms with E-state index in [1.54, 1.807) is 12.5 Å². The third-order valence-electron chi connectivity index (χ3n) is 2.10. The number of rotatable bonds is 2. The molecule has 0 aromatic carbocycles. The number of nitrogens with zero attached hydrogens (tertiary/aromatic N) is 2. The summed E-state index contributed by atoms with van der Waals surface area (Å²) in [5.74, 6) is 0.924. The highest BCUT2D eigenvalue weighted by atomic mass is 16.3. The fraction of sp³-hybridized carbons (Fsp3) is 0.273. The van der Waals surface area contributed by atoms with E-state index in [9.17, 15) is 0 Å². The summed E-state index contributed by atoms with van der Waals surface area (Å²) in [7, 11) is 0. The van der Waals surface area contributed by atoms with E-state index in [0.717, 1.165) is 22.8 Å². The Kier molecular flexibility index (Phi) is 2.31. The highest BCUT2D eigenvalue weighted by Crippen LogP contribution is 2.10. The van der Waals surface area contributed by atoms with Gasteiger partial charge in [-0.25, -0.2) is 0 Å². The first kappa shape index (κ1) is 8.94. The fourth-order valence-electron chi connectivity index (χ4n) is 1.33. The van der Waals surface area contributed by atoms with Crippen molar-refractivity contribution in [2.24, 2.45) is 0 Å². The van der Waals surface area contributed by atoms with E-state index >= 15 is 0 Å². The molecule has 0 bridgehead atoms. The molecule has 0 saturated heterocycles. The predicted octanol–water partition coefficient (Wildman–Crippen LogP) is 2.28. The molecule has 0 aliphatic heterocycles. The Hall–Kier alpha value is -1.64. The van der Waals surface area contributed by atoms with E-state index in [2.05, 4.69) is 9.97 Å². The van der Waals surface area contributed by atoms with Crippen LogP contribution < -0.4 is 0 Å². The molecule has 0 aliphatic carbocycles. The van der Waals surface area contributed by atoms with Crippen LogP contribution in [0.5, 0.6) is 0 Å². The quantitative estimate of drug-likeness (QED) is 0.725. The van der Waals surface area contributed by atoms with E-state index in [0.29, 0.717) is 6.42 Å². The standard InChI is InChI=1S/C11H12N2O/c1-8-7-12-9(2)11(13-8)6-10-4-3-5-14-10/h3-5,7H,6H2,1-2H3.